The summed E-state index contributed by atoms with van der Waals surface area (Å²) in [5.41, 5.74) is 0. The van der Waals surface area contributed by atoms with Crippen LogP contribution in [0.4, 0.5) is 0 Å². The maximum absolute atomic E-state index is 11.7. The normalized spacial score (nSPS) is 13.0. The van der Waals surface area contributed by atoms with Gasteiger partial charge in [0.15, 0.2) is 0 Å². The van der Waals surface area contributed by atoms with Crippen LogP contribution in [0, 0.1) is 0 Å². The van der Waals surface area contributed by atoms with Gasteiger partial charge in [0.2, 0.25) is 10.0 Å². The molecule has 86 valence electrons. The van der Waals surface area contributed by atoms with Gasteiger partial charge in [-0.25, -0.2) is 13.1 Å². The lowest BCUT2D eigenvalue weighted by molar-refractivity contribution is 0.545. The van der Waals surface area contributed by atoms with Crippen LogP contribution >= 0.6 is 11.3 Å². The third-order valence-corrected chi connectivity index (χ3v) is 5.18. The van der Waals surface area contributed by atoms with Crippen LogP contribution < -0.4 is 4.72 Å². The molecule has 0 unspecified atom stereocenters. The molecule has 0 amide bonds. The van der Waals surface area contributed by atoms with Gasteiger partial charge in [-0.05, 0) is 38.6 Å². The maximum atomic E-state index is 11.7. The first-order chi connectivity index (χ1) is 6.83. The van der Waals surface area contributed by atoms with Gasteiger partial charge in [-0.3, -0.25) is 0 Å². The van der Waals surface area contributed by atoms with Crippen LogP contribution in [0.5, 0.6) is 0 Å². The molecule has 0 aromatic carbocycles. The van der Waals surface area contributed by atoms with E-state index in [2.05, 4.69) is 4.72 Å². The Hall–Kier alpha value is -0.390. The second kappa shape index (κ2) is 4.63. The summed E-state index contributed by atoms with van der Waals surface area (Å²) in [4.78, 5) is 1.20. The van der Waals surface area contributed by atoms with E-state index in [-0.39, 0.29) is 0 Å². The molecule has 0 radical (unpaired) electrons. The number of sulfonamides is 1. The van der Waals surface area contributed by atoms with E-state index in [4.69, 9.17) is 0 Å². The van der Waals surface area contributed by atoms with Crippen molar-refractivity contribution in [2.24, 2.45) is 0 Å². The van der Waals surface area contributed by atoms with Crippen LogP contribution in [-0.2, 0) is 16.4 Å². The number of hydrogen-bond acceptors (Lipinski definition) is 3. The van der Waals surface area contributed by atoms with Gasteiger partial charge < -0.3 is 0 Å². The Morgan fingerprint density at radius 1 is 1.40 bits per heavy atom. The highest BCUT2D eigenvalue weighted by atomic mass is 32.2. The minimum atomic E-state index is -3.20. The van der Waals surface area contributed by atoms with Gasteiger partial charge in [-0.1, -0.05) is 6.07 Å². The fourth-order valence-corrected chi connectivity index (χ4v) is 2.49. The van der Waals surface area contributed by atoms with Crippen molar-refractivity contribution in [1.82, 2.24) is 4.72 Å². The molecule has 0 aliphatic rings. The summed E-state index contributed by atoms with van der Waals surface area (Å²) in [6.45, 7) is 5.56. The summed E-state index contributed by atoms with van der Waals surface area (Å²) in [5.74, 6) is 0. The number of hydrogen-bond donors (Lipinski definition) is 1. The van der Waals surface area contributed by atoms with Crippen LogP contribution in [0.2, 0.25) is 0 Å². The Labute approximate surface area is 95.6 Å². The molecule has 1 heterocycles. The zero-order valence-corrected chi connectivity index (χ0v) is 10.9. The quantitative estimate of drug-likeness (QED) is 0.884. The Morgan fingerprint density at radius 3 is 2.53 bits per heavy atom. The average Bonchev–Trinajstić information content (AvgIpc) is 2.54. The monoisotopic (exact) mass is 247 g/mol. The third kappa shape index (κ3) is 3.59. The van der Waals surface area contributed by atoms with Crippen LogP contribution in [0.25, 0.3) is 0 Å². The van der Waals surface area contributed by atoms with Crippen LogP contribution in [0.1, 0.15) is 25.6 Å². The van der Waals surface area contributed by atoms with E-state index in [0.29, 0.717) is 6.54 Å². The summed E-state index contributed by atoms with van der Waals surface area (Å²) in [6.07, 6.45) is 0.757. The third-order valence-electron chi connectivity index (χ3n) is 2.05. The molecule has 0 fully saturated rings. The minimum absolute atomic E-state index is 0.472. The fraction of sp³-hybridized carbons (Fsp3) is 0.600. The highest BCUT2D eigenvalue weighted by molar-refractivity contribution is 7.90. The molecule has 0 atom stereocenters. The summed E-state index contributed by atoms with van der Waals surface area (Å²) in [6, 6.07) is 3.98. The maximum Gasteiger partial charge on any atom is 0.216 e. The van der Waals surface area contributed by atoms with E-state index in [9.17, 15) is 8.42 Å². The molecule has 1 aromatic heterocycles. The van der Waals surface area contributed by atoms with Gasteiger partial charge in [-0.15, -0.1) is 11.3 Å². The molecule has 5 heteroatoms. The summed E-state index contributed by atoms with van der Waals surface area (Å²) in [5, 5.41) is 1.99. The van der Waals surface area contributed by atoms with Gasteiger partial charge in [0.1, 0.15) is 0 Å². The Balaban J connectivity index is 2.45. The smallest absolute Gasteiger partial charge is 0.214 e. The zero-order valence-electron chi connectivity index (χ0n) is 9.28. The molecule has 0 spiro atoms. The lowest BCUT2D eigenvalue weighted by Gasteiger charge is -2.19. The van der Waals surface area contributed by atoms with Crippen molar-refractivity contribution >= 4 is 21.4 Å². The summed E-state index contributed by atoms with van der Waals surface area (Å²) in [7, 11) is -3.20. The highest BCUT2D eigenvalue weighted by Crippen LogP contribution is 2.13. The van der Waals surface area contributed by atoms with Crippen LogP contribution in [0.3, 0.4) is 0 Å². The van der Waals surface area contributed by atoms with Crippen molar-refractivity contribution in [3.8, 4) is 0 Å². The first-order valence-corrected chi connectivity index (χ1v) is 7.21. The second-order valence-electron chi connectivity index (χ2n) is 4.34. The number of nitrogens with one attached hydrogen (secondary N) is 1. The average molecular weight is 247 g/mol. The number of thiophene rings is 1. The lowest BCUT2D eigenvalue weighted by atomic mass is 10.3. The first kappa shape index (κ1) is 12.7. The molecule has 15 heavy (non-hydrogen) atoms. The van der Waals surface area contributed by atoms with Gasteiger partial charge in [0, 0.05) is 11.4 Å². The van der Waals surface area contributed by atoms with E-state index >= 15 is 0 Å². The first-order valence-electron chi connectivity index (χ1n) is 4.84. The SMILES string of the molecule is CC(C)(C)S(=O)(=O)NCCc1cccs1. The molecular weight excluding hydrogens is 230 g/mol. The van der Waals surface area contributed by atoms with Crippen molar-refractivity contribution in [2.45, 2.75) is 31.9 Å². The predicted octanol–water partition coefficient (Wildman–Crippen LogP) is 2.01. The molecule has 1 aromatic rings. The molecule has 0 bridgehead atoms. The van der Waals surface area contributed by atoms with E-state index in [1.807, 2.05) is 17.5 Å². The van der Waals surface area contributed by atoms with Crippen molar-refractivity contribution < 1.29 is 8.42 Å². The molecule has 0 saturated heterocycles. The minimum Gasteiger partial charge on any atom is -0.214 e. The lowest BCUT2D eigenvalue weighted by Crippen LogP contribution is -2.40. The predicted molar refractivity (Wildman–Crippen MR) is 64.7 cm³/mol. The van der Waals surface area contributed by atoms with Gasteiger partial charge >= 0.3 is 0 Å². The van der Waals surface area contributed by atoms with E-state index in [1.165, 1.54) is 4.88 Å². The summed E-state index contributed by atoms with van der Waals surface area (Å²) < 4.78 is 25.2. The molecule has 3 nitrogen and oxygen atoms in total. The van der Waals surface area contributed by atoms with Crippen LogP contribution in [-0.4, -0.2) is 19.7 Å². The van der Waals surface area contributed by atoms with E-state index < -0.39 is 14.8 Å². The van der Waals surface area contributed by atoms with Gasteiger partial charge in [0.25, 0.3) is 0 Å². The van der Waals surface area contributed by atoms with Crippen molar-refractivity contribution in [3.63, 3.8) is 0 Å². The van der Waals surface area contributed by atoms with E-state index in [0.717, 1.165) is 6.42 Å². The second-order valence-corrected chi connectivity index (χ2v) is 7.89. The zero-order chi connectivity index (χ0) is 11.5. The van der Waals surface area contributed by atoms with Gasteiger partial charge in [-0.2, -0.15) is 0 Å². The largest absolute Gasteiger partial charge is 0.216 e. The van der Waals surface area contributed by atoms with Crippen molar-refractivity contribution in [3.05, 3.63) is 22.4 Å². The fourth-order valence-electron chi connectivity index (χ4n) is 0.980. The molecule has 0 aliphatic heterocycles. The van der Waals surface area contributed by atoms with Crippen molar-refractivity contribution in [2.75, 3.05) is 6.54 Å². The van der Waals surface area contributed by atoms with Gasteiger partial charge in [0.05, 0.1) is 4.75 Å². The molecule has 1 rings (SSSR count). The standard InChI is InChI=1S/C10H17NO2S2/c1-10(2,3)15(12,13)11-7-6-9-5-4-8-14-9/h4-5,8,11H,6-7H2,1-3H3. The molecule has 1 N–H and O–H groups in total. The molecular formula is C10H17NO2S2. The topological polar surface area (TPSA) is 46.2 Å². The Bertz CT molecular complexity index is 388. The van der Waals surface area contributed by atoms with Crippen LogP contribution in [0.15, 0.2) is 17.5 Å². The Kier molecular flexibility index (Phi) is 3.92. The number of rotatable bonds is 4. The Morgan fingerprint density at radius 2 is 2.07 bits per heavy atom. The van der Waals surface area contributed by atoms with Crippen molar-refractivity contribution in [1.29, 1.82) is 0 Å². The van der Waals surface area contributed by atoms with E-state index in [1.54, 1.807) is 32.1 Å². The molecule has 0 saturated carbocycles. The summed E-state index contributed by atoms with van der Waals surface area (Å²) >= 11 is 1.65. The molecule has 0 aliphatic carbocycles. The highest BCUT2D eigenvalue weighted by Gasteiger charge is 2.27.